The predicted octanol–water partition coefficient (Wildman–Crippen LogP) is 1.56. The number of aldehydes is 1. The summed E-state index contributed by atoms with van der Waals surface area (Å²) in [7, 11) is 0. The van der Waals surface area contributed by atoms with Crippen LogP contribution in [0, 0.1) is 0 Å². The number of unbranched alkanes of at least 4 members (excludes halogenated alkanes) is 3. The molecule has 0 saturated heterocycles. The van der Waals surface area contributed by atoms with Crippen LogP contribution in [0.1, 0.15) is 31.2 Å². The minimum atomic E-state index is -0.700. The molecule has 0 fully saturated rings. The standard InChI is InChI=1S/C15H21NO4/c16-14(11-12-5-7-13(18)8-6-12)15(19)20-10-4-2-1-3-9-17/h5-9,14,18H,1-4,10-11,16H2. The van der Waals surface area contributed by atoms with Crippen LogP contribution in [-0.4, -0.2) is 30.0 Å². The highest BCUT2D eigenvalue weighted by Gasteiger charge is 2.15. The van der Waals surface area contributed by atoms with Gasteiger partial charge in [-0.15, -0.1) is 0 Å². The lowest BCUT2D eigenvalue weighted by atomic mass is 10.1. The van der Waals surface area contributed by atoms with Crippen molar-refractivity contribution in [1.82, 2.24) is 0 Å². The van der Waals surface area contributed by atoms with Crippen molar-refractivity contribution in [2.75, 3.05) is 6.61 Å². The number of carbonyl (C=O) groups excluding carboxylic acids is 2. The van der Waals surface area contributed by atoms with Gasteiger partial charge in [0, 0.05) is 6.42 Å². The molecule has 20 heavy (non-hydrogen) atoms. The number of nitrogens with two attached hydrogens (primary N) is 1. The van der Waals surface area contributed by atoms with E-state index in [1.807, 2.05) is 0 Å². The van der Waals surface area contributed by atoms with E-state index >= 15 is 0 Å². The quantitative estimate of drug-likeness (QED) is 0.407. The molecule has 0 spiro atoms. The fraction of sp³-hybridized carbons (Fsp3) is 0.467. The van der Waals surface area contributed by atoms with E-state index in [0.29, 0.717) is 19.4 Å². The molecule has 1 aromatic carbocycles. The van der Waals surface area contributed by atoms with Crippen LogP contribution in [0.25, 0.3) is 0 Å². The van der Waals surface area contributed by atoms with Crippen LogP contribution < -0.4 is 5.73 Å². The normalized spacial score (nSPS) is 11.8. The molecule has 3 N–H and O–H groups in total. The largest absolute Gasteiger partial charge is 0.508 e. The topological polar surface area (TPSA) is 89.6 Å². The van der Waals surface area contributed by atoms with E-state index in [1.54, 1.807) is 24.3 Å². The van der Waals surface area contributed by atoms with E-state index in [9.17, 15) is 9.59 Å². The molecule has 0 aromatic heterocycles. The Kier molecular flexibility index (Phi) is 7.35. The minimum absolute atomic E-state index is 0.181. The molecule has 110 valence electrons. The zero-order chi connectivity index (χ0) is 14.8. The second-order valence-corrected chi connectivity index (χ2v) is 4.66. The third-order valence-corrected chi connectivity index (χ3v) is 2.91. The number of esters is 1. The highest BCUT2D eigenvalue weighted by Crippen LogP contribution is 2.11. The van der Waals surface area contributed by atoms with E-state index < -0.39 is 12.0 Å². The molecule has 0 bridgehead atoms. The highest BCUT2D eigenvalue weighted by molar-refractivity contribution is 5.75. The van der Waals surface area contributed by atoms with Gasteiger partial charge in [-0.25, -0.2) is 0 Å². The van der Waals surface area contributed by atoms with Gasteiger partial charge >= 0.3 is 5.97 Å². The molecule has 1 atom stereocenters. The molecular weight excluding hydrogens is 258 g/mol. The Morgan fingerprint density at radius 2 is 1.95 bits per heavy atom. The summed E-state index contributed by atoms with van der Waals surface area (Å²) in [4.78, 5) is 21.8. The molecule has 0 aliphatic carbocycles. The van der Waals surface area contributed by atoms with Gasteiger partial charge in [-0.3, -0.25) is 4.79 Å². The fourth-order valence-electron chi connectivity index (χ4n) is 1.76. The Morgan fingerprint density at radius 3 is 2.60 bits per heavy atom. The zero-order valence-corrected chi connectivity index (χ0v) is 11.5. The molecule has 0 amide bonds. The first-order valence-corrected chi connectivity index (χ1v) is 6.77. The first-order valence-electron chi connectivity index (χ1n) is 6.77. The van der Waals surface area contributed by atoms with Crippen LogP contribution in [-0.2, 0) is 20.7 Å². The number of rotatable bonds is 9. The number of aromatic hydroxyl groups is 1. The van der Waals surface area contributed by atoms with Crippen molar-refractivity contribution >= 4 is 12.3 Å². The molecule has 1 aromatic rings. The van der Waals surface area contributed by atoms with E-state index in [4.69, 9.17) is 15.6 Å². The van der Waals surface area contributed by atoms with Gasteiger partial charge in [0.15, 0.2) is 0 Å². The van der Waals surface area contributed by atoms with Gasteiger partial charge in [-0.05, 0) is 43.4 Å². The van der Waals surface area contributed by atoms with Crippen molar-refractivity contribution in [1.29, 1.82) is 0 Å². The van der Waals surface area contributed by atoms with Crippen molar-refractivity contribution < 1.29 is 19.4 Å². The summed E-state index contributed by atoms with van der Waals surface area (Å²) in [5.74, 6) is -0.242. The maximum absolute atomic E-state index is 11.7. The van der Waals surface area contributed by atoms with E-state index in [0.717, 1.165) is 31.1 Å². The number of hydrogen-bond acceptors (Lipinski definition) is 5. The molecule has 0 aliphatic heterocycles. The number of phenolic OH excluding ortho intramolecular Hbond substituents is 1. The van der Waals surface area contributed by atoms with Crippen LogP contribution in [0.3, 0.4) is 0 Å². The molecule has 0 aliphatic rings. The van der Waals surface area contributed by atoms with Gasteiger partial charge in [0.1, 0.15) is 18.1 Å². The molecule has 1 rings (SSSR count). The lowest BCUT2D eigenvalue weighted by Gasteiger charge is -2.11. The molecular formula is C15H21NO4. The van der Waals surface area contributed by atoms with Crippen LogP contribution >= 0.6 is 0 Å². The van der Waals surface area contributed by atoms with E-state index in [1.165, 1.54) is 0 Å². The van der Waals surface area contributed by atoms with Gasteiger partial charge in [-0.1, -0.05) is 12.1 Å². The second kappa shape index (κ2) is 9.09. The Hall–Kier alpha value is -1.88. The summed E-state index contributed by atoms with van der Waals surface area (Å²) < 4.78 is 5.08. The number of hydrogen-bond donors (Lipinski definition) is 2. The third-order valence-electron chi connectivity index (χ3n) is 2.91. The van der Waals surface area contributed by atoms with Crippen LogP contribution in [0.15, 0.2) is 24.3 Å². The summed E-state index contributed by atoms with van der Waals surface area (Å²) in [5.41, 5.74) is 6.64. The Bertz CT molecular complexity index is 416. The van der Waals surface area contributed by atoms with Gasteiger partial charge in [0.25, 0.3) is 0 Å². The summed E-state index contributed by atoms with van der Waals surface area (Å²) in [6, 6.07) is 5.86. The Labute approximate surface area is 118 Å². The molecule has 0 heterocycles. The first-order chi connectivity index (χ1) is 9.63. The maximum atomic E-state index is 11.7. The van der Waals surface area contributed by atoms with Crippen LogP contribution in [0.4, 0.5) is 0 Å². The lowest BCUT2D eigenvalue weighted by molar-refractivity contribution is -0.145. The van der Waals surface area contributed by atoms with Gasteiger partial charge in [-0.2, -0.15) is 0 Å². The van der Waals surface area contributed by atoms with Crippen molar-refractivity contribution in [3.8, 4) is 5.75 Å². The molecule has 1 unspecified atom stereocenters. The number of benzene rings is 1. The summed E-state index contributed by atoms with van der Waals surface area (Å²) in [6.07, 6.45) is 4.24. The van der Waals surface area contributed by atoms with Crippen molar-refractivity contribution in [3.63, 3.8) is 0 Å². The lowest BCUT2D eigenvalue weighted by Crippen LogP contribution is -2.34. The first kappa shape index (κ1) is 16.2. The third kappa shape index (κ3) is 6.33. The van der Waals surface area contributed by atoms with E-state index in [2.05, 4.69) is 0 Å². The molecule has 5 nitrogen and oxygen atoms in total. The Balaban J connectivity index is 2.22. The number of ether oxygens (including phenoxy) is 1. The van der Waals surface area contributed by atoms with Gasteiger partial charge in [0.05, 0.1) is 6.61 Å². The molecule has 0 saturated carbocycles. The molecule has 0 radical (unpaired) electrons. The summed E-state index contributed by atoms with van der Waals surface area (Å²) in [6.45, 7) is 0.334. The van der Waals surface area contributed by atoms with Crippen molar-refractivity contribution in [2.24, 2.45) is 5.73 Å². The van der Waals surface area contributed by atoms with Crippen LogP contribution in [0.5, 0.6) is 5.75 Å². The zero-order valence-electron chi connectivity index (χ0n) is 11.5. The van der Waals surface area contributed by atoms with Crippen LogP contribution in [0.2, 0.25) is 0 Å². The second-order valence-electron chi connectivity index (χ2n) is 4.66. The molecule has 5 heteroatoms. The predicted molar refractivity (Wildman–Crippen MR) is 75.3 cm³/mol. The highest BCUT2D eigenvalue weighted by atomic mass is 16.5. The minimum Gasteiger partial charge on any atom is -0.508 e. The number of phenols is 1. The summed E-state index contributed by atoms with van der Waals surface area (Å²) >= 11 is 0. The van der Waals surface area contributed by atoms with Crippen molar-refractivity contribution in [2.45, 2.75) is 38.1 Å². The Morgan fingerprint density at radius 1 is 1.25 bits per heavy atom. The maximum Gasteiger partial charge on any atom is 0.323 e. The van der Waals surface area contributed by atoms with Crippen molar-refractivity contribution in [3.05, 3.63) is 29.8 Å². The number of carbonyl (C=O) groups is 2. The van der Waals surface area contributed by atoms with Gasteiger partial charge in [0.2, 0.25) is 0 Å². The van der Waals surface area contributed by atoms with E-state index in [-0.39, 0.29) is 5.75 Å². The van der Waals surface area contributed by atoms with Gasteiger partial charge < -0.3 is 20.4 Å². The smallest absolute Gasteiger partial charge is 0.323 e. The average molecular weight is 279 g/mol. The SMILES string of the molecule is NC(Cc1ccc(O)cc1)C(=O)OCCCCCC=O. The average Bonchev–Trinajstić information content (AvgIpc) is 2.45. The fourth-order valence-corrected chi connectivity index (χ4v) is 1.76. The monoisotopic (exact) mass is 279 g/mol. The summed E-state index contributed by atoms with van der Waals surface area (Å²) in [5, 5.41) is 9.16.